The highest BCUT2D eigenvalue weighted by molar-refractivity contribution is 7.97. The number of thioether (sulfide) groups is 1. The van der Waals surface area contributed by atoms with Crippen molar-refractivity contribution < 1.29 is 4.79 Å². The first-order chi connectivity index (χ1) is 18.0. The maximum absolute atomic E-state index is 13.5. The van der Waals surface area contributed by atoms with Gasteiger partial charge in [0, 0.05) is 35.4 Å². The first-order valence-electron chi connectivity index (χ1n) is 12.6. The summed E-state index contributed by atoms with van der Waals surface area (Å²) in [6.45, 7) is 4.20. The molecule has 0 radical (unpaired) electrons. The molecule has 186 valence electrons. The quantitative estimate of drug-likeness (QED) is 0.414. The zero-order valence-electron chi connectivity index (χ0n) is 21.2. The molecule has 3 aromatic rings. The van der Waals surface area contributed by atoms with Crippen molar-refractivity contribution in [2.45, 2.75) is 50.5 Å². The minimum atomic E-state index is -0.459. The van der Waals surface area contributed by atoms with Gasteiger partial charge >= 0.3 is 0 Å². The number of carbonyl (C=O) groups excluding carboxylic acids is 1. The molecule has 1 unspecified atom stereocenters. The van der Waals surface area contributed by atoms with Gasteiger partial charge in [0.2, 0.25) is 0 Å². The molecule has 0 bridgehead atoms. The van der Waals surface area contributed by atoms with Crippen molar-refractivity contribution in [3.8, 4) is 6.07 Å². The second-order valence-electron chi connectivity index (χ2n) is 9.64. The van der Waals surface area contributed by atoms with Crippen molar-refractivity contribution in [3.63, 3.8) is 0 Å². The van der Waals surface area contributed by atoms with Gasteiger partial charge in [-0.3, -0.25) is 14.7 Å². The summed E-state index contributed by atoms with van der Waals surface area (Å²) in [5, 5.41) is 10.3. The smallest absolute Gasteiger partial charge is 0.161 e. The summed E-state index contributed by atoms with van der Waals surface area (Å²) in [5.74, 6) is 1.80. The van der Waals surface area contributed by atoms with E-state index >= 15 is 0 Å². The standard InChI is InChI=1S/C31H30N4OS/c1-20-14-21(2)25(15-23(20)19-37-18-22-8-4-3-5-9-22)29-26(16-32)31(33)35(24-10-7-13-34-17-24)27-11-6-12-28(36)30(27)29/h3-5,7-10,13-15,17,29H,6,11-12,18-19,33H2,1-2H3. The predicted octanol–water partition coefficient (Wildman–Crippen LogP) is 6.44. The highest BCUT2D eigenvalue weighted by Gasteiger charge is 2.41. The summed E-state index contributed by atoms with van der Waals surface area (Å²) in [7, 11) is 0. The van der Waals surface area contributed by atoms with E-state index in [1.165, 1.54) is 16.7 Å². The van der Waals surface area contributed by atoms with Gasteiger partial charge in [0.15, 0.2) is 5.78 Å². The maximum Gasteiger partial charge on any atom is 0.161 e. The van der Waals surface area contributed by atoms with Crippen molar-refractivity contribution in [1.82, 2.24) is 4.98 Å². The number of Topliss-reactive ketones (excluding diaryl/α,β-unsaturated/α-hetero) is 1. The average molecular weight is 507 g/mol. The molecule has 2 aromatic carbocycles. The lowest BCUT2D eigenvalue weighted by Crippen LogP contribution is -2.39. The highest BCUT2D eigenvalue weighted by atomic mass is 32.2. The number of pyridine rings is 1. The molecule has 2 aliphatic rings. The lowest BCUT2D eigenvalue weighted by Gasteiger charge is -2.40. The molecule has 0 fully saturated rings. The topological polar surface area (TPSA) is 83.0 Å². The van der Waals surface area contributed by atoms with E-state index in [0.717, 1.165) is 46.9 Å². The number of anilines is 1. The number of ketones is 1. The Kier molecular flexibility index (Phi) is 7.16. The third-order valence-electron chi connectivity index (χ3n) is 7.22. The molecule has 0 amide bonds. The Morgan fingerprint density at radius 2 is 1.89 bits per heavy atom. The normalized spacial score (nSPS) is 17.6. The SMILES string of the molecule is Cc1cc(C)c(C2C(C#N)=C(N)N(c3cccnc3)C3=C2C(=O)CCC3)cc1CSCc1ccccc1. The number of aromatic nitrogens is 1. The Morgan fingerprint density at radius 1 is 1.08 bits per heavy atom. The van der Waals surface area contributed by atoms with Crippen LogP contribution in [0.5, 0.6) is 0 Å². The highest BCUT2D eigenvalue weighted by Crippen LogP contribution is 2.47. The van der Waals surface area contributed by atoms with Crippen LogP contribution in [0, 0.1) is 25.2 Å². The van der Waals surface area contributed by atoms with E-state index in [0.29, 0.717) is 23.4 Å². The number of nitriles is 1. The lowest BCUT2D eigenvalue weighted by molar-refractivity contribution is -0.116. The first kappa shape index (κ1) is 24.9. The van der Waals surface area contributed by atoms with E-state index in [1.54, 1.807) is 12.4 Å². The number of rotatable bonds is 6. The van der Waals surface area contributed by atoms with Gasteiger partial charge in [-0.15, -0.1) is 0 Å². The third-order valence-corrected chi connectivity index (χ3v) is 8.27. The van der Waals surface area contributed by atoms with Crippen molar-refractivity contribution in [1.29, 1.82) is 5.26 Å². The molecule has 6 heteroatoms. The Labute approximate surface area is 222 Å². The number of aryl methyl sites for hydroxylation is 2. The van der Waals surface area contributed by atoms with Crippen LogP contribution >= 0.6 is 11.8 Å². The number of hydrogen-bond donors (Lipinski definition) is 1. The van der Waals surface area contributed by atoms with Gasteiger partial charge in [-0.05, 0) is 66.6 Å². The Bertz CT molecular complexity index is 1440. The minimum Gasteiger partial charge on any atom is -0.384 e. The third kappa shape index (κ3) is 4.80. The number of carbonyl (C=O) groups is 1. The fourth-order valence-corrected chi connectivity index (χ4v) is 6.48. The van der Waals surface area contributed by atoms with Crippen LogP contribution in [0.4, 0.5) is 5.69 Å². The molecular formula is C31H30N4OS. The van der Waals surface area contributed by atoms with E-state index in [4.69, 9.17) is 5.73 Å². The van der Waals surface area contributed by atoms with Gasteiger partial charge in [-0.25, -0.2) is 0 Å². The molecule has 1 aliphatic heterocycles. The number of nitrogens with two attached hydrogens (primary N) is 1. The molecule has 5 nitrogen and oxygen atoms in total. The van der Waals surface area contributed by atoms with E-state index in [-0.39, 0.29) is 5.78 Å². The monoisotopic (exact) mass is 506 g/mol. The zero-order valence-corrected chi connectivity index (χ0v) is 22.0. The largest absolute Gasteiger partial charge is 0.384 e. The van der Waals surface area contributed by atoms with Crippen LogP contribution in [0.1, 0.15) is 53.0 Å². The second-order valence-corrected chi connectivity index (χ2v) is 10.6. The molecule has 1 aliphatic carbocycles. The summed E-state index contributed by atoms with van der Waals surface area (Å²) in [6, 6.07) is 21.0. The van der Waals surface area contributed by atoms with Gasteiger partial charge in [-0.2, -0.15) is 17.0 Å². The van der Waals surface area contributed by atoms with Crippen LogP contribution in [-0.2, 0) is 16.3 Å². The average Bonchev–Trinajstić information content (AvgIpc) is 2.91. The summed E-state index contributed by atoms with van der Waals surface area (Å²) in [4.78, 5) is 19.6. The van der Waals surface area contributed by atoms with E-state index in [9.17, 15) is 10.1 Å². The van der Waals surface area contributed by atoms with E-state index < -0.39 is 5.92 Å². The molecule has 0 spiro atoms. The molecule has 37 heavy (non-hydrogen) atoms. The van der Waals surface area contributed by atoms with Gasteiger partial charge in [0.1, 0.15) is 5.82 Å². The first-order valence-corrected chi connectivity index (χ1v) is 13.7. The van der Waals surface area contributed by atoms with Crippen LogP contribution in [0.15, 0.2) is 89.7 Å². The van der Waals surface area contributed by atoms with Gasteiger partial charge in [0.05, 0.1) is 29.4 Å². The van der Waals surface area contributed by atoms with Gasteiger partial charge in [0.25, 0.3) is 0 Å². The summed E-state index contributed by atoms with van der Waals surface area (Å²) in [6.07, 6.45) is 5.42. The summed E-state index contributed by atoms with van der Waals surface area (Å²) >= 11 is 1.87. The Morgan fingerprint density at radius 3 is 2.62 bits per heavy atom. The van der Waals surface area contributed by atoms with Crippen LogP contribution in [0.3, 0.4) is 0 Å². The Hall–Kier alpha value is -3.82. The van der Waals surface area contributed by atoms with E-state index in [2.05, 4.69) is 61.3 Å². The fourth-order valence-electron chi connectivity index (χ4n) is 5.41. The summed E-state index contributed by atoms with van der Waals surface area (Å²) < 4.78 is 0. The van der Waals surface area contributed by atoms with Crippen molar-refractivity contribution in [2.24, 2.45) is 5.73 Å². The number of benzene rings is 2. The second kappa shape index (κ2) is 10.7. The van der Waals surface area contributed by atoms with Crippen molar-refractivity contribution >= 4 is 23.2 Å². The van der Waals surface area contributed by atoms with Crippen LogP contribution in [0.25, 0.3) is 0 Å². The van der Waals surface area contributed by atoms with Gasteiger partial charge < -0.3 is 5.73 Å². The molecule has 5 rings (SSSR count). The minimum absolute atomic E-state index is 0.0976. The van der Waals surface area contributed by atoms with Crippen LogP contribution in [-0.4, -0.2) is 10.8 Å². The maximum atomic E-state index is 13.5. The molecule has 0 saturated heterocycles. The van der Waals surface area contributed by atoms with Crippen molar-refractivity contribution in [3.05, 3.63) is 117 Å². The van der Waals surface area contributed by atoms with Gasteiger partial charge in [-0.1, -0.05) is 42.5 Å². The molecule has 1 atom stereocenters. The molecular weight excluding hydrogens is 476 g/mol. The molecule has 0 saturated carbocycles. The van der Waals surface area contributed by atoms with Crippen LogP contribution < -0.4 is 10.6 Å². The number of nitrogens with zero attached hydrogens (tertiary/aromatic N) is 3. The summed E-state index contributed by atoms with van der Waals surface area (Å²) in [5.41, 5.74) is 15.3. The zero-order chi connectivity index (χ0) is 25.9. The Balaban J connectivity index is 1.57. The molecule has 1 aromatic heterocycles. The fraction of sp³-hybridized carbons (Fsp3) is 0.258. The van der Waals surface area contributed by atoms with Crippen molar-refractivity contribution in [2.75, 3.05) is 4.90 Å². The number of allylic oxidation sites excluding steroid dienone is 3. The molecule has 2 heterocycles. The van der Waals surface area contributed by atoms with E-state index in [1.807, 2.05) is 34.9 Å². The number of hydrogen-bond acceptors (Lipinski definition) is 6. The molecule has 2 N–H and O–H groups in total. The lowest BCUT2D eigenvalue weighted by atomic mass is 9.74. The van der Waals surface area contributed by atoms with Crippen LogP contribution in [0.2, 0.25) is 0 Å². The predicted molar refractivity (Wildman–Crippen MR) is 150 cm³/mol.